The van der Waals surface area contributed by atoms with Gasteiger partial charge in [0, 0.05) is 13.1 Å². The second-order valence-electron chi connectivity index (χ2n) is 8.57. The fraction of sp³-hybridized carbons (Fsp3) is 0.440. The number of hydrogen-bond donors (Lipinski definition) is 1. The number of carbonyl (C=O) groups excluding carboxylic acids is 2. The van der Waals surface area contributed by atoms with E-state index in [1.165, 1.54) is 11.8 Å². The molecule has 37 heavy (non-hydrogen) atoms. The van der Waals surface area contributed by atoms with E-state index in [9.17, 15) is 31.2 Å². The number of rotatable bonds is 12. The molecule has 2 amide bonds. The van der Waals surface area contributed by atoms with Gasteiger partial charge in [-0.15, -0.1) is 0 Å². The third-order valence-electron chi connectivity index (χ3n) is 5.70. The summed E-state index contributed by atoms with van der Waals surface area (Å²) in [6, 6.07) is 10.9. The smallest absolute Gasteiger partial charge is 0.354 e. The van der Waals surface area contributed by atoms with Gasteiger partial charge in [0.15, 0.2) is 0 Å². The summed E-state index contributed by atoms with van der Waals surface area (Å²) in [4.78, 5) is 27.4. The van der Waals surface area contributed by atoms with Crippen LogP contribution in [0.1, 0.15) is 37.8 Å². The maximum atomic E-state index is 13.4. The molecular weight excluding hydrogens is 531 g/mol. The standard InChI is InChI=1S/C25H31ClF3N3O4S/c1-4-5-14-30-24(34)18(2)31(15-13-19-9-7-6-8-10-19)23(33)17-32(37(3,35)36)20-11-12-22(26)21(16-20)25(27,28)29/h6-12,16,18H,4-5,13-15,17H2,1-3H3,(H,30,34)/t18-/m0/s1. The van der Waals surface area contributed by atoms with Crippen LogP contribution < -0.4 is 9.62 Å². The zero-order valence-corrected chi connectivity index (χ0v) is 22.5. The van der Waals surface area contributed by atoms with Crippen molar-refractivity contribution in [3.8, 4) is 0 Å². The number of benzene rings is 2. The van der Waals surface area contributed by atoms with Crippen LogP contribution >= 0.6 is 11.6 Å². The van der Waals surface area contributed by atoms with Gasteiger partial charge in [0.1, 0.15) is 12.6 Å². The Labute approximate surface area is 220 Å². The Morgan fingerprint density at radius 1 is 1.11 bits per heavy atom. The van der Waals surface area contributed by atoms with E-state index in [-0.39, 0.29) is 12.2 Å². The van der Waals surface area contributed by atoms with Gasteiger partial charge in [-0.1, -0.05) is 55.3 Å². The highest BCUT2D eigenvalue weighted by Gasteiger charge is 2.35. The van der Waals surface area contributed by atoms with Crippen LogP contribution in [0.2, 0.25) is 5.02 Å². The molecule has 0 saturated carbocycles. The molecule has 0 aliphatic carbocycles. The van der Waals surface area contributed by atoms with E-state index in [0.717, 1.165) is 36.8 Å². The Hall–Kier alpha value is -2.79. The molecule has 0 spiro atoms. The van der Waals surface area contributed by atoms with Crippen molar-refractivity contribution in [1.82, 2.24) is 10.2 Å². The van der Waals surface area contributed by atoms with Crippen molar-refractivity contribution in [3.05, 3.63) is 64.7 Å². The van der Waals surface area contributed by atoms with Crippen LogP contribution in [0.4, 0.5) is 18.9 Å². The van der Waals surface area contributed by atoms with Crippen molar-refractivity contribution in [2.24, 2.45) is 0 Å². The second-order valence-corrected chi connectivity index (χ2v) is 10.9. The fourth-order valence-electron chi connectivity index (χ4n) is 3.61. The van der Waals surface area contributed by atoms with E-state index in [1.807, 2.05) is 37.3 Å². The predicted molar refractivity (Wildman–Crippen MR) is 138 cm³/mol. The number of anilines is 1. The van der Waals surface area contributed by atoms with E-state index in [4.69, 9.17) is 11.6 Å². The van der Waals surface area contributed by atoms with Crippen LogP contribution in [0.15, 0.2) is 48.5 Å². The highest BCUT2D eigenvalue weighted by molar-refractivity contribution is 7.92. The summed E-state index contributed by atoms with van der Waals surface area (Å²) >= 11 is 5.68. The van der Waals surface area contributed by atoms with E-state index in [0.29, 0.717) is 23.3 Å². The van der Waals surface area contributed by atoms with Gasteiger partial charge >= 0.3 is 6.18 Å². The normalized spacial score (nSPS) is 12.6. The maximum Gasteiger partial charge on any atom is 0.417 e. The van der Waals surface area contributed by atoms with Crippen molar-refractivity contribution < 1.29 is 31.2 Å². The molecule has 0 radical (unpaired) electrons. The first kappa shape index (κ1) is 30.4. The lowest BCUT2D eigenvalue weighted by Crippen LogP contribution is -2.52. The number of amides is 2. The molecule has 2 aromatic carbocycles. The van der Waals surface area contributed by atoms with Gasteiger partial charge in [0.05, 0.1) is 22.5 Å². The van der Waals surface area contributed by atoms with Gasteiger partial charge in [0.25, 0.3) is 0 Å². The molecule has 0 aliphatic rings. The summed E-state index contributed by atoms with van der Waals surface area (Å²) in [6.45, 7) is 3.21. The van der Waals surface area contributed by atoms with Crippen molar-refractivity contribution >= 4 is 39.1 Å². The zero-order chi connectivity index (χ0) is 27.8. The predicted octanol–water partition coefficient (Wildman–Crippen LogP) is 4.50. The summed E-state index contributed by atoms with van der Waals surface area (Å²) in [5, 5.41) is 2.16. The molecule has 2 aromatic rings. The van der Waals surface area contributed by atoms with Crippen LogP contribution in [0.3, 0.4) is 0 Å². The number of alkyl halides is 3. The van der Waals surface area contributed by atoms with Crippen LogP contribution in [0.25, 0.3) is 0 Å². The van der Waals surface area contributed by atoms with E-state index in [2.05, 4.69) is 5.32 Å². The molecule has 1 atom stereocenters. The molecule has 12 heteroatoms. The Bertz CT molecular complexity index is 1180. The number of hydrogen-bond acceptors (Lipinski definition) is 4. The van der Waals surface area contributed by atoms with Crippen LogP contribution in [-0.4, -0.2) is 57.1 Å². The van der Waals surface area contributed by atoms with Crippen LogP contribution in [0, 0.1) is 0 Å². The van der Waals surface area contributed by atoms with Gasteiger partial charge in [0.2, 0.25) is 21.8 Å². The van der Waals surface area contributed by atoms with Crippen LogP contribution in [0.5, 0.6) is 0 Å². The molecule has 204 valence electrons. The highest BCUT2D eigenvalue weighted by atomic mass is 35.5. The third kappa shape index (κ3) is 8.92. The first-order valence-corrected chi connectivity index (χ1v) is 13.9. The number of halogens is 4. The SMILES string of the molecule is CCCCNC(=O)[C@H](C)N(CCc1ccccc1)C(=O)CN(c1ccc(Cl)c(C(F)(F)F)c1)S(C)(=O)=O. The third-order valence-corrected chi connectivity index (χ3v) is 7.17. The number of carbonyl (C=O) groups is 2. The lowest BCUT2D eigenvalue weighted by Gasteiger charge is -2.31. The Balaban J connectivity index is 2.37. The lowest BCUT2D eigenvalue weighted by atomic mass is 10.1. The van der Waals surface area contributed by atoms with Crippen LogP contribution in [-0.2, 0) is 32.2 Å². The van der Waals surface area contributed by atoms with Gasteiger partial charge in [-0.3, -0.25) is 13.9 Å². The number of sulfonamides is 1. The molecule has 0 unspecified atom stereocenters. The van der Waals surface area contributed by atoms with Crippen molar-refractivity contribution in [3.63, 3.8) is 0 Å². The molecule has 7 nitrogen and oxygen atoms in total. The number of unbranched alkanes of at least 4 members (excludes halogenated alkanes) is 1. The zero-order valence-electron chi connectivity index (χ0n) is 20.9. The topological polar surface area (TPSA) is 86.8 Å². The van der Waals surface area contributed by atoms with E-state index in [1.54, 1.807) is 0 Å². The minimum absolute atomic E-state index is 0.0945. The lowest BCUT2D eigenvalue weighted by molar-refractivity contribution is -0.138. The molecule has 0 aliphatic heterocycles. The van der Waals surface area contributed by atoms with Gasteiger partial charge in [-0.2, -0.15) is 13.2 Å². The quantitative estimate of drug-likeness (QED) is 0.387. The van der Waals surface area contributed by atoms with Crippen molar-refractivity contribution in [1.29, 1.82) is 0 Å². The second kappa shape index (κ2) is 13.1. The van der Waals surface area contributed by atoms with Gasteiger partial charge in [-0.05, 0) is 43.5 Å². The number of nitrogens with zero attached hydrogens (tertiary/aromatic N) is 2. The summed E-state index contributed by atoms with van der Waals surface area (Å²) in [5.41, 5.74) is -0.695. The molecule has 0 aromatic heterocycles. The minimum Gasteiger partial charge on any atom is -0.354 e. The Morgan fingerprint density at radius 3 is 2.32 bits per heavy atom. The first-order chi connectivity index (χ1) is 17.3. The summed E-state index contributed by atoms with van der Waals surface area (Å²) in [5.74, 6) is -1.14. The van der Waals surface area contributed by atoms with E-state index >= 15 is 0 Å². The fourth-order valence-corrected chi connectivity index (χ4v) is 4.67. The van der Waals surface area contributed by atoms with Gasteiger partial charge in [-0.25, -0.2) is 8.42 Å². The minimum atomic E-state index is -4.83. The molecule has 1 N–H and O–H groups in total. The summed E-state index contributed by atoms with van der Waals surface area (Å²) < 4.78 is 65.9. The largest absolute Gasteiger partial charge is 0.417 e. The van der Waals surface area contributed by atoms with Crippen molar-refractivity contribution in [2.45, 2.75) is 45.3 Å². The molecule has 0 bridgehead atoms. The van der Waals surface area contributed by atoms with Gasteiger partial charge < -0.3 is 10.2 Å². The maximum absolute atomic E-state index is 13.4. The van der Waals surface area contributed by atoms with E-state index < -0.39 is 51.2 Å². The Morgan fingerprint density at radius 2 is 1.76 bits per heavy atom. The molecule has 0 saturated heterocycles. The monoisotopic (exact) mass is 561 g/mol. The summed E-state index contributed by atoms with van der Waals surface area (Å²) in [7, 11) is -4.18. The molecular formula is C25H31ClF3N3O4S. The molecule has 2 rings (SSSR count). The highest BCUT2D eigenvalue weighted by Crippen LogP contribution is 2.37. The van der Waals surface area contributed by atoms with Crippen molar-refractivity contribution in [2.75, 3.05) is 30.2 Å². The average molecular weight is 562 g/mol. The number of nitrogens with one attached hydrogen (secondary N) is 1. The average Bonchev–Trinajstić information content (AvgIpc) is 2.82. The molecule has 0 fully saturated rings. The molecule has 0 heterocycles. The Kier molecular flexibility index (Phi) is 10.8. The first-order valence-electron chi connectivity index (χ1n) is 11.7. The summed E-state index contributed by atoms with van der Waals surface area (Å²) in [6.07, 6.45) is -2.05.